The van der Waals surface area contributed by atoms with Crippen LogP contribution in [0.2, 0.25) is 0 Å². The van der Waals surface area contributed by atoms with E-state index in [0.717, 1.165) is 0 Å². The van der Waals surface area contributed by atoms with Crippen LogP contribution in [0.3, 0.4) is 0 Å². The van der Waals surface area contributed by atoms with Crippen molar-refractivity contribution >= 4 is 27.7 Å². The molecule has 0 aliphatic rings. The van der Waals surface area contributed by atoms with Crippen molar-refractivity contribution in [1.82, 2.24) is 4.98 Å². The second-order valence-electron chi connectivity index (χ2n) is 2.25. The number of pyridine rings is 1. The van der Waals surface area contributed by atoms with E-state index in [2.05, 4.69) is 26.2 Å². The Morgan fingerprint density at radius 3 is 2.77 bits per heavy atom. The molecule has 3 N–H and O–H groups in total. The lowest BCUT2D eigenvalue weighted by atomic mass is 10.2. The molecule has 0 radical (unpaired) electrons. The number of hydrogen-bond donors (Lipinski definition) is 3. The summed E-state index contributed by atoms with van der Waals surface area (Å²) in [6.07, 6.45) is 0. The minimum atomic E-state index is -1.10. The number of hydrogen-bond acceptors (Lipinski definition) is 4. The Morgan fingerprint density at radius 1 is 1.69 bits per heavy atom. The summed E-state index contributed by atoms with van der Waals surface area (Å²) in [7, 11) is 1.53. The van der Waals surface area contributed by atoms with Gasteiger partial charge in [0.15, 0.2) is 0 Å². The van der Waals surface area contributed by atoms with Crippen molar-refractivity contribution in [2.24, 2.45) is 0 Å². The maximum absolute atomic E-state index is 10.7. The van der Waals surface area contributed by atoms with E-state index in [1.807, 2.05) is 0 Å². The minimum absolute atomic E-state index is 0.00664. The number of aromatic nitrogens is 1. The third kappa shape index (κ3) is 1.89. The van der Waals surface area contributed by atoms with Crippen LogP contribution < -0.4 is 5.32 Å². The molecule has 13 heavy (non-hydrogen) atoms. The Bertz CT molecular complexity index is 354. The van der Waals surface area contributed by atoms with Crippen LogP contribution in [0.1, 0.15) is 10.4 Å². The molecular weight excluding hydrogens is 240 g/mol. The van der Waals surface area contributed by atoms with Gasteiger partial charge in [0, 0.05) is 7.05 Å². The van der Waals surface area contributed by atoms with Crippen LogP contribution in [0.4, 0.5) is 5.82 Å². The van der Waals surface area contributed by atoms with Gasteiger partial charge in [-0.25, -0.2) is 4.79 Å². The number of halogens is 1. The van der Waals surface area contributed by atoms with Crippen LogP contribution >= 0.6 is 15.9 Å². The standard InChI is InChI=1S/C7H7BrN2O3/c1-9-5-3(7(12)13)2-4(8)6(11)10-5/h2H,1H3,(H,12,13)(H2,9,10,11). The molecule has 0 atom stereocenters. The molecule has 1 aromatic heterocycles. The number of nitrogens with zero attached hydrogens (tertiary/aromatic N) is 1. The largest absolute Gasteiger partial charge is 0.492 e. The van der Waals surface area contributed by atoms with Gasteiger partial charge in [0.25, 0.3) is 0 Å². The van der Waals surface area contributed by atoms with Gasteiger partial charge in [-0.2, -0.15) is 4.98 Å². The highest BCUT2D eigenvalue weighted by Crippen LogP contribution is 2.26. The Kier molecular flexibility index (Phi) is 2.72. The summed E-state index contributed by atoms with van der Waals surface area (Å²) < 4.78 is 0.254. The number of aromatic hydroxyl groups is 1. The van der Waals surface area contributed by atoms with E-state index in [1.54, 1.807) is 0 Å². The molecule has 0 aromatic carbocycles. The topological polar surface area (TPSA) is 82.5 Å². The van der Waals surface area contributed by atoms with Crippen molar-refractivity contribution in [3.63, 3.8) is 0 Å². The number of anilines is 1. The summed E-state index contributed by atoms with van der Waals surface area (Å²) in [5.74, 6) is -1.21. The van der Waals surface area contributed by atoms with E-state index in [4.69, 9.17) is 10.2 Å². The number of rotatable bonds is 2. The van der Waals surface area contributed by atoms with Crippen molar-refractivity contribution in [2.45, 2.75) is 0 Å². The maximum atomic E-state index is 10.7. The summed E-state index contributed by atoms with van der Waals surface area (Å²) in [5.41, 5.74) is 0.00664. The zero-order chi connectivity index (χ0) is 10.0. The van der Waals surface area contributed by atoms with E-state index in [1.165, 1.54) is 13.1 Å². The van der Waals surface area contributed by atoms with Gasteiger partial charge in [-0.3, -0.25) is 0 Å². The fourth-order valence-electron chi connectivity index (χ4n) is 0.833. The number of nitrogens with one attached hydrogen (secondary N) is 1. The molecule has 0 amide bonds. The predicted molar refractivity (Wildman–Crippen MR) is 50.1 cm³/mol. The van der Waals surface area contributed by atoms with Crippen LogP contribution in [0.25, 0.3) is 0 Å². The lowest BCUT2D eigenvalue weighted by Gasteiger charge is -2.05. The van der Waals surface area contributed by atoms with Gasteiger partial charge < -0.3 is 15.5 Å². The molecule has 0 saturated heterocycles. The zero-order valence-corrected chi connectivity index (χ0v) is 8.29. The Balaban J connectivity index is 3.33. The highest BCUT2D eigenvalue weighted by molar-refractivity contribution is 9.10. The van der Waals surface area contributed by atoms with Crippen molar-refractivity contribution in [1.29, 1.82) is 0 Å². The Hall–Kier alpha value is -1.30. The quantitative estimate of drug-likeness (QED) is 0.733. The van der Waals surface area contributed by atoms with Gasteiger partial charge in [-0.15, -0.1) is 0 Å². The van der Waals surface area contributed by atoms with Crippen molar-refractivity contribution in [3.8, 4) is 5.88 Å². The van der Waals surface area contributed by atoms with Crippen LogP contribution in [-0.4, -0.2) is 28.2 Å². The first-order valence-corrected chi connectivity index (χ1v) is 4.16. The number of carboxylic acids is 1. The average molecular weight is 247 g/mol. The third-order valence-electron chi connectivity index (χ3n) is 1.42. The predicted octanol–water partition coefficient (Wildman–Crippen LogP) is 1.29. The van der Waals surface area contributed by atoms with Crippen LogP contribution in [0.5, 0.6) is 5.88 Å². The molecule has 0 bridgehead atoms. The second kappa shape index (κ2) is 3.61. The summed E-state index contributed by atoms with van der Waals surface area (Å²) in [6.45, 7) is 0. The molecule has 1 heterocycles. The zero-order valence-electron chi connectivity index (χ0n) is 6.71. The van der Waals surface area contributed by atoms with E-state index in [9.17, 15) is 4.79 Å². The Labute approximate surface area is 82.5 Å². The van der Waals surface area contributed by atoms with Gasteiger partial charge in [0.05, 0.1) is 4.47 Å². The first kappa shape index (κ1) is 9.79. The van der Waals surface area contributed by atoms with Gasteiger partial charge >= 0.3 is 5.97 Å². The van der Waals surface area contributed by atoms with E-state index in [-0.39, 0.29) is 21.7 Å². The van der Waals surface area contributed by atoms with E-state index in [0.29, 0.717) is 0 Å². The minimum Gasteiger partial charge on any atom is -0.492 e. The van der Waals surface area contributed by atoms with Gasteiger partial charge in [0.2, 0.25) is 5.88 Å². The van der Waals surface area contributed by atoms with Crippen molar-refractivity contribution in [3.05, 3.63) is 16.1 Å². The van der Waals surface area contributed by atoms with E-state index < -0.39 is 5.97 Å². The summed E-state index contributed by atoms with van der Waals surface area (Å²) in [4.78, 5) is 14.3. The summed E-state index contributed by atoms with van der Waals surface area (Å²) >= 11 is 2.97. The molecule has 0 fully saturated rings. The normalized spacial score (nSPS) is 9.69. The van der Waals surface area contributed by atoms with Crippen LogP contribution in [0.15, 0.2) is 10.5 Å². The molecule has 0 aliphatic heterocycles. The smallest absolute Gasteiger partial charge is 0.339 e. The van der Waals surface area contributed by atoms with Crippen LogP contribution in [0, 0.1) is 0 Å². The maximum Gasteiger partial charge on any atom is 0.339 e. The van der Waals surface area contributed by atoms with Gasteiger partial charge in [0.1, 0.15) is 11.4 Å². The van der Waals surface area contributed by atoms with Gasteiger partial charge in [-0.05, 0) is 22.0 Å². The Morgan fingerprint density at radius 2 is 2.31 bits per heavy atom. The highest BCUT2D eigenvalue weighted by atomic mass is 79.9. The molecule has 0 aliphatic carbocycles. The van der Waals surface area contributed by atoms with Crippen LogP contribution in [-0.2, 0) is 0 Å². The molecule has 6 heteroatoms. The van der Waals surface area contributed by atoms with Crippen molar-refractivity contribution in [2.75, 3.05) is 12.4 Å². The van der Waals surface area contributed by atoms with Gasteiger partial charge in [-0.1, -0.05) is 0 Å². The monoisotopic (exact) mass is 246 g/mol. The molecule has 5 nitrogen and oxygen atoms in total. The summed E-state index contributed by atoms with van der Waals surface area (Å²) in [6, 6.07) is 1.29. The SMILES string of the molecule is CNc1nc(O)c(Br)cc1C(=O)O. The fraction of sp³-hybridized carbons (Fsp3) is 0.143. The molecule has 0 saturated carbocycles. The average Bonchev–Trinajstić information content (AvgIpc) is 2.08. The molecule has 1 rings (SSSR count). The number of aromatic carboxylic acids is 1. The highest BCUT2D eigenvalue weighted by Gasteiger charge is 2.13. The first-order chi connectivity index (χ1) is 6.06. The second-order valence-corrected chi connectivity index (χ2v) is 3.10. The summed E-state index contributed by atoms with van der Waals surface area (Å²) in [5, 5.41) is 20.4. The van der Waals surface area contributed by atoms with Crippen molar-refractivity contribution < 1.29 is 15.0 Å². The van der Waals surface area contributed by atoms with E-state index >= 15 is 0 Å². The third-order valence-corrected chi connectivity index (χ3v) is 2.01. The fourth-order valence-corrected chi connectivity index (χ4v) is 1.15. The molecule has 0 unspecified atom stereocenters. The molecule has 1 aromatic rings. The molecule has 0 spiro atoms. The lowest BCUT2D eigenvalue weighted by molar-refractivity contribution is 0.0697. The number of carbonyl (C=O) groups is 1. The lowest BCUT2D eigenvalue weighted by Crippen LogP contribution is -2.04. The molecular formula is C7H7BrN2O3. The number of carboxylic acid groups (broad SMARTS) is 1. The molecule has 70 valence electrons. The first-order valence-electron chi connectivity index (χ1n) is 3.36.